The van der Waals surface area contributed by atoms with Crippen LogP contribution < -0.4 is 5.84 Å². The van der Waals surface area contributed by atoms with Crippen LogP contribution in [0.2, 0.25) is 0 Å². The minimum Gasteiger partial charge on any atom is -0.770 e. The molecular formula is C4H10N2O2P-. The number of nitrogens with two attached hydrogens (primary N) is 1. The summed E-state index contributed by atoms with van der Waals surface area (Å²) in [5, 5.41) is 10.6. The number of nitrogens with zero attached hydrogens (tertiary/aromatic N) is 1. The van der Waals surface area contributed by atoms with E-state index in [0.717, 1.165) is 0 Å². The van der Waals surface area contributed by atoms with Crippen LogP contribution in [0.5, 0.6) is 0 Å². The molecule has 0 radical (unpaired) electrons. The highest BCUT2D eigenvalue weighted by atomic mass is 31.0. The molecule has 9 heavy (non-hydrogen) atoms. The molecule has 4 nitrogen and oxygen atoms in total. The van der Waals surface area contributed by atoms with Crippen molar-refractivity contribution in [2.24, 2.45) is 5.84 Å². The molecule has 0 aromatic rings. The largest absolute Gasteiger partial charge is 0.770 e. The molecule has 0 amide bonds. The Hall–Kier alpha value is 0.0100. The molecule has 2 N–H and O–H groups in total. The molecule has 5 heteroatoms. The first-order valence-corrected chi connectivity index (χ1v) is 2.77. The molecule has 0 heterocycles. The zero-order valence-corrected chi connectivity index (χ0v) is 6.36. The van der Waals surface area contributed by atoms with Crippen LogP contribution in [0.15, 0.2) is 12.7 Å². The van der Waals surface area contributed by atoms with E-state index in [2.05, 4.69) is 11.1 Å². The summed E-state index contributed by atoms with van der Waals surface area (Å²) in [6.07, 6.45) is 1.31. The van der Waals surface area contributed by atoms with Gasteiger partial charge in [-0.2, -0.15) is 0 Å². The van der Waals surface area contributed by atoms with Crippen LogP contribution in [0.1, 0.15) is 6.92 Å². The monoisotopic (exact) mass is 149 g/mol. The highest BCUT2D eigenvalue weighted by Crippen LogP contribution is 2.16. The Kier molecular flexibility index (Phi) is 3.25. The van der Waals surface area contributed by atoms with E-state index in [1.807, 2.05) is 9.47 Å². The van der Waals surface area contributed by atoms with Crippen LogP contribution in [0.25, 0.3) is 0 Å². The van der Waals surface area contributed by atoms with Crippen molar-refractivity contribution in [2.75, 3.05) is 0 Å². The first-order valence-electron chi connectivity index (χ1n) is 2.30. The van der Waals surface area contributed by atoms with E-state index in [9.17, 15) is 5.21 Å². The van der Waals surface area contributed by atoms with Gasteiger partial charge >= 0.3 is 0 Å². The number of hydrogen-bond acceptors (Lipinski definition) is 4. The summed E-state index contributed by atoms with van der Waals surface area (Å²) in [5.41, 5.74) is -1.13. The maximum absolute atomic E-state index is 10.4. The number of hydrazine groups is 1. The standard InChI is InChI=1S/C4H10N2O2P/c1-3-4(2,8-9)6(5)7/h3H,1,5,9H2,2H3/q-1. The van der Waals surface area contributed by atoms with Gasteiger partial charge in [0, 0.05) is 9.47 Å². The lowest BCUT2D eigenvalue weighted by atomic mass is 10.3. The molecule has 0 aromatic heterocycles. The average molecular weight is 149 g/mol. The van der Waals surface area contributed by atoms with E-state index in [-0.39, 0.29) is 5.17 Å². The van der Waals surface area contributed by atoms with Crippen molar-refractivity contribution in [1.29, 1.82) is 0 Å². The third-order valence-electron chi connectivity index (χ3n) is 1.05. The fourth-order valence-corrected chi connectivity index (χ4v) is 0.390. The van der Waals surface area contributed by atoms with Crippen LogP contribution in [0.4, 0.5) is 0 Å². The highest BCUT2D eigenvalue weighted by Gasteiger charge is 2.17. The molecule has 0 aliphatic heterocycles. The normalized spacial score (nSPS) is 17.4. The van der Waals surface area contributed by atoms with Crippen molar-refractivity contribution in [3.63, 3.8) is 0 Å². The molecule has 2 unspecified atom stereocenters. The molecule has 54 valence electrons. The van der Waals surface area contributed by atoms with E-state index in [0.29, 0.717) is 0 Å². The van der Waals surface area contributed by atoms with Crippen molar-refractivity contribution in [3.05, 3.63) is 17.9 Å². The second-order valence-corrected chi connectivity index (χ2v) is 1.94. The van der Waals surface area contributed by atoms with Gasteiger partial charge in [0.25, 0.3) is 0 Å². The van der Waals surface area contributed by atoms with E-state index in [1.165, 1.54) is 13.0 Å². The smallest absolute Gasteiger partial charge is 0.141 e. The molecule has 0 fully saturated rings. The Bertz CT molecular complexity index is 109. The van der Waals surface area contributed by atoms with Crippen LogP contribution >= 0.6 is 9.47 Å². The zero-order valence-electron chi connectivity index (χ0n) is 5.20. The second-order valence-electron chi connectivity index (χ2n) is 1.70. The Labute approximate surface area is 56.5 Å². The SMILES string of the molecule is C=CC(C)(OP)N(N)[O-]. The van der Waals surface area contributed by atoms with Crippen molar-refractivity contribution in [1.82, 2.24) is 5.17 Å². The summed E-state index contributed by atoms with van der Waals surface area (Å²) in [5.74, 6) is 4.86. The van der Waals surface area contributed by atoms with Gasteiger partial charge < -0.3 is 9.73 Å². The third kappa shape index (κ3) is 2.01. The fourth-order valence-electron chi connectivity index (χ4n) is 0.190. The van der Waals surface area contributed by atoms with Crippen LogP contribution in [0.3, 0.4) is 0 Å². The van der Waals surface area contributed by atoms with Crippen molar-refractivity contribution < 1.29 is 4.52 Å². The number of hydroxylamine groups is 1. The minimum absolute atomic E-state index is 0.188. The summed E-state index contributed by atoms with van der Waals surface area (Å²) < 4.78 is 4.64. The van der Waals surface area contributed by atoms with Crippen molar-refractivity contribution >= 4 is 9.47 Å². The maximum Gasteiger partial charge on any atom is 0.141 e. The molecule has 0 aromatic carbocycles. The summed E-state index contributed by atoms with van der Waals surface area (Å²) in [4.78, 5) is 0. The van der Waals surface area contributed by atoms with E-state index in [1.54, 1.807) is 0 Å². The van der Waals surface area contributed by atoms with Gasteiger partial charge in [0.15, 0.2) is 0 Å². The Morgan fingerprint density at radius 2 is 2.44 bits per heavy atom. The third-order valence-corrected chi connectivity index (χ3v) is 1.53. The lowest BCUT2D eigenvalue weighted by molar-refractivity contribution is 0.0189. The minimum atomic E-state index is -1.13. The molecule has 0 rings (SSSR count). The van der Waals surface area contributed by atoms with E-state index in [4.69, 9.17) is 5.84 Å². The molecule has 0 aliphatic rings. The quantitative estimate of drug-likeness (QED) is 0.207. The summed E-state index contributed by atoms with van der Waals surface area (Å²) >= 11 is 0. The molecule has 0 saturated carbocycles. The van der Waals surface area contributed by atoms with Gasteiger partial charge in [-0.15, -0.1) is 0 Å². The van der Waals surface area contributed by atoms with E-state index >= 15 is 0 Å². The van der Waals surface area contributed by atoms with Crippen LogP contribution in [-0.4, -0.2) is 10.9 Å². The topological polar surface area (TPSA) is 61.5 Å². The molecule has 0 bridgehead atoms. The lowest BCUT2D eigenvalue weighted by Crippen LogP contribution is -2.45. The number of rotatable bonds is 3. The lowest BCUT2D eigenvalue weighted by Gasteiger charge is -2.38. The molecule has 2 atom stereocenters. The van der Waals surface area contributed by atoms with Gasteiger partial charge in [0.2, 0.25) is 0 Å². The Balaban J connectivity index is 4.08. The van der Waals surface area contributed by atoms with Gasteiger partial charge in [-0.25, -0.2) is 0 Å². The van der Waals surface area contributed by atoms with Gasteiger partial charge in [-0.3, -0.25) is 11.0 Å². The van der Waals surface area contributed by atoms with Crippen LogP contribution in [-0.2, 0) is 4.52 Å². The van der Waals surface area contributed by atoms with Crippen molar-refractivity contribution in [2.45, 2.75) is 12.6 Å². The first-order chi connectivity index (χ1) is 4.06. The van der Waals surface area contributed by atoms with Gasteiger partial charge in [-0.05, 0) is 13.0 Å². The highest BCUT2D eigenvalue weighted by molar-refractivity contribution is 7.09. The molecule has 0 saturated heterocycles. The van der Waals surface area contributed by atoms with E-state index < -0.39 is 5.72 Å². The van der Waals surface area contributed by atoms with Crippen LogP contribution in [0, 0.1) is 5.21 Å². The summed E-state index contributed by atoms with van der Waals surface area (Å²) in [6.45, 7) is 4.86. The van der Waals surface area contributed by atoms with Gasteiger partial charge in [-0.1, -0.05) is 6.58 Å². The average Bonchev–Trinajstić information content (AvgIpc) is 1.86. The fraction of sp³-hybridized carbons (Fsp3) is 0.500. The second kappa shape index (κ2) is 3.25. The molecule has 0 spiro atoms. The maximum atomic E-state index is 10.4. The predicted octanol–water partition coefficient (Wildman–Crippen LogP) is 0.369. The number of hydrogen-bond donors (Lipinski definition) is 1. The van der Waals surface area contributed by atoms with Crippen molar-refractivity contribution in [3.8, 4) is 0 Å². The Morgan fingerprint density at radius 3 is 2.44 bits per heavy atom. The molecule has 0 aliphatic carbocycles. The van der Waals surface area contributed by atoms with Gasteiger partial charge in [0.1, 0.15) is 5.72 Å². The zero-order chi connectivity index (χ0) is 7.49. The molecular weight excluding hydrogens is 139 g/mol. The summed E-state index contributed by atoms with van der Waals surface area (Å²) in [6, 6.07) is 0. The first kappa shape index (κ1) is 9.01. The van der Waals surface area contributed by atoms with Gasteiger partial charge in [0.05, 0.1) is 0 Å². The predicted molar refractivity (Wildman–Crippen MR) is 38.8 cm³/mol. The Morgan fingerprint density at radius 1 is 2.00 bits per heavy atom. The summed E-state index contributed by atoms with van der Waals surface area (Å²) in [7, 11) is 1.94.